The highest BCUT2D eigenvalue weighted by Gasteiger charge is 2.35. The quantitative estimate of drug-likeness (QED) is 0.873. The molecule has 0 spiro atoms. The van der Waals surface area contributed by atoms with Gasteiger partial charge in [0.25, 0.3) is 0 Å². The Kier molecular flexibility index (Phi) is 5.26. The smallest absolute Gasteiger partial charge is 0.229 e. The summed E-state index contributed by atoms with van der Waals surface area (Å²) >= 11 is 0. The predicted molar refractivity (Wildman–Crippen MR) is 106 cm³/mol. The second-order valence-electron chi connectivity index (χ2n) is 7.00. The number of carbonyl (C=O) groups excluding carboxylic acids is 3. The summed E-state index contributed by atoms with van der Waals surface area (Å²) in [4.78, 5) is 37.7. The Labute approximate surface area is 158 Å². The van der Waals surface area contributed by atoms with Gasteiger partial charge in [-0.3, -0.25) is 14.4 Å². The van der Waals surface area contributed by atoms with E-state index in [1.54, 1.807) is 29.2 Å². The summed E-state index contributed by atoms with van der Waals surface area (Å²) in [5.41, 5.74) is 4.31. The van der Waals surface area contributed by atoms with Crippen molar-refractivity contribution >= 4 is 34.8 Å². The van der Waals surface area contributed by atoms with E-state index in [-0.39, 0.29) is 24.1 Å². The fourth-order valence-corrected chi connectivity index (χ4v) is 3.32. The van der Waals surface area contributed by atoms with Crippen molar-refractivity contribution in [2.24, 2.45) is 5.92 Å². The summed E-state index contributed by atoms with van der Waals surface area (Å²) in [5.74, 6) is -0.764. The second-order valence-corrected chi connectivity index (χ2v) is 7.00. The van der Waals surface area contributed by atoms with Crippen molar-refractivity contribution in [3.05, 3.63) is 53.6 Å². The fraction of sp³-hybridized carbons (Fsp3) is 0.286. The minimum atomic E-state index is -0.395. The number of anilines is 3. The van der Waals surface area contributed by atoms with Crippen molar-refractivity contribution in [3.63, 3.8) is 0 Å². The van der Waals surface area contributed by atoms with E-state index in [2.05, 4.69) is 16.7 Å². The number of nitrogens with one attached hydrogen (secondary N) is 2. The topological polar surface area (TPSA) is 78.5 Å². The van der Waals surface area contributed by atoms with Gasteiger partial charge in [-0.1, -0.05) is 6.07 Å². The van der Waals surface area contributed by atoms with Gasteiger partial charge in [0.15, 0.2) is 0 Å². The van der Waals surface area contributed by atoms with E-state index >= 15 is 0 Å². The molecule has 0 aromatic heterocycles. The van der Waals surface area contributed by atoms with Crippen LogP contribution in [0.4, 0.5) is 17.1 Å². The molecule has 2 aromatic carbocycles. The first kappa shape index (κ1) is 18.6. The first-order valence-electron chi connectivity index (χ1n) is 8.89. The maximum Gasteiger partial charge on any atom is 0.229 e. The molecule has 1 atom stereocenters. The van der Waals surface area contributed by atoms with Crippen molar-refractivity contribution in [2.45, 2.75) is 27.2 Å². The van der Waals surface area contributed by atoms with Crippen LogP contribution in [0.15, 0.2) is 42.5 Å². The highest BCUT2D eigenvalue weighted by Crippen LogP contribution is 2.28. The molecule has 6 nitrogen and oxygen atoms in total. The van der Waals surface area contributed by atoms with Crippen molar-refractivity contribution < 1.29 is 14.4 Å². The zero-order chi connectivity index (χ0) is 19.6. The number of amides is 3. The summed E-state index contributed by atoms with van der Waals surface area (Å²) in [6.07, 6.45) is 0.197. The lowest BCUT2D eigenvalue weighted by Crippen LogP contribution is -2.28. The summed E-state index contributed by atoms with van der Waals surface area (Å²) < 4.78 is 0. The third-order valence-electron chi connectivity index (χ3n) is 4.49. The van der Waals surface area contributed by atoms with Crippen molar-refractivity contribution in [3.8, 4) is 0 Å². The number of nitrogens with zero attached hydrogens (tertiary/aromatic N) is 1. The lowest BCUT2D eigenvalue weighted by Gasteiger charge is -2.18. The lowest BCUT2D eigenvalue weighted by molar-refractivity contribution is -0.122. The molecule has 0 saturated carbocycles. The fourth-order valence-electron chi connectivity index (χ4n) is 3.32. The number of aryl methyl sites for hydroxylation is 2. The van der Waals surface area contributed by atoms with E-state index in [0.29, 0.717) is 17.9 Å². The monoisotopic (exact) mass is 365 g/mol. The molecule has 1 heterocycles. The standard InChI is InChI=1S/C21H23N3O3/c1-13-8-14(2)10-19(9-13)24-12-16(11-20(24)26)21(27)23-18-6-4-17(5-7-18)22-15(3)25/h4-10,16H,11-12H2,1-3H3,(H,22,25)(H,23,27). The molecule has 1 unspecified atom stereocenters. The summed E-state index contributed by atoms with van der Waals surface area (Å²) in [6.45, 7) is 5.80. The summed E-state index contributed by atoms with van der Waals surface area (Å²) in [6, 6.07) is 12.9. The Bertz CT molecular complexity index is 870. The normalized spacial score (nSPS) is 16.3. The number of carbonyl (C=O) groups is 3. The number of rotatable bonds is 4. The first-order valence-corrected chi connectivity index (χ1v) is 8.89. The number of hydrogen-bond acceptors (Lipinski definition) is 3. The van der Waals surface area contributed by atoms with Crippen LogP contribution < -0.4 is 15.5 Å². The van der Waals surface area contributed by atoms with E-state index in [4.69, 9.17) is 0 Å². The van der Waals surface area contributed by atoms with Gasteiger partial charge in [-0.2, -0.15) is 0 Å². The van der Waals surface area contributed by atoms with Crippen LogP contribution in [0.2, 0.25) is 0 Å². The zero-order valence-corrected chi connectivity index (χ0v) is 15.7. The number of hydrogen-bond donors (Lipinski definition) is 2. The van der Waals surface area contributed by atoms with E-state index in [1.165, 1.54) is 6.92 Å². The Balaban J connectivity index is 1.66. The molecular weight excluding hydrogens is 342 g/mol. The zero-order valence-electron chi connectivity index (χ0n) is 15.7. The maximum absolute atomic E-state index is 12.6. The van der Waals surface area contributed by atoms with Gasteiger partial charge in [0.05, 0.1) is 5.92 Å². The molecule has 0 aliphatic carbocycles. The van der Waals surface area contributed by atoms with Gasteiger partial charge in [-0.25, -0.2) is 0 Å². The third kappa shape index (κ3) is 4.53. The first-order chi connectivity index (χ1) is 12.8. The molecule has 0 radical (unpaired) electrons. The molecule has 1 saturated heterocycles. The Morgan fingerprint density at radius 2 is 1.52 bits per heavy atom. The van der Waals surface area contributed by atoms with Crippen LogP contribution in [0, 0.1) is 19.8 Å². The number of benzene rings is 2. The van der Waals surface area contributed by atoms with E-state index in [1.807, 2.05) is 26.0 Å². The molecule has 2 aromatic rings. The molecule has 27 heavy (non-hydrogen) atoms. The minimum Gasteiger partial charge on any atom is -0.326 e. The van der Waals surface area contributed by atoms with E-state index < -0.39 is 5.92 Å². The van der Waals surface area contributed by atoms with Crippen LogP contribution in [-0.4, -0.2) is 24.3 Å². The van der Waals surface area contributed by atoms with Crippen LogP contribution in [0.25, 0.3) is 0 Å². The van der Waals surface area contributed by atoms with Crippen molar-refractivity contribution in [1.29, 1.82) is 0 Å². The predicted octanol–water partition coefficient (Wildman–Crippen LogP) is 3.25. The lowest BCUT2D eigenvalue weighted by atomic mass is 10.1. The van der Waals surface area contributed by atoms with Gasteiger partial charge in [0.2, 0.25) is 17.7 Å². The summed E-state index contributed by atoms with van der Waals surface area (Å²) in [5, 5.41) is 5.53. The van der Waals surface area contributed by atoms with Gasteiger partial charge in [0.1, 0.15) is 0 Å². The minimum absolute atomic E-state index is 0.0406. The summed E-state index contributed by atoms with van der Waals surface area (Å²) in [7, 11) is 0. The van der Waals surface area contributed by atoms with Gasteiger partial charge >= 0.3 is 0 Å². The van der Waals surface area contributed by atoms with Gasteiger partial charge in [-0.15, -0.1) is 0 Å². The van der Waals surface area contributed by atoms with Crippen molar-refractivity contribution in [1.82, 2.24) is 0 Å². The van der Waals surface area contributed by atoms with Crippen LogP contribution in [0.3, 0.4) is 0 Å². The van der Waals surface area contributed by atoms with Crippen LogP contribution in [-0.2, 0) is 14.4 Å². The SMILES string of the molecule is CC(=O)Nc1ccc(NC(=O)C2CC(=O)N(c3cc(C)cc(C)c3)C2)cc1. The van der Waals surface area contributed by atoms with Gasteiger partial charge in [0, 0.05) is 37.0 Å². The molecule has 1 fully saturated rings. The van der Waals surface area contributed by atoms with Gasteiger partial charge < -0.3 is 15.5 Å². The van der Waals surface area contributed by atoms with E-state index in [0.717, 1.165) is 16.8 Å². The van der Waals surface area contributed by atoms with Crippen LogP contribution in [0.1, 0.15) is 24.5 Å². The molecule has 2 N–H and O–H groups in total. The average Bonchev–Trinajstić information content (AvgIpc) is 2.97. The molecule has 6 heteroatoms. The Morgan fingerprint density at radius 3 is 2.07 bits per heavy atom. The molecule has 0 bridgehead atoms. The highest BCUT2D eigenvalue weighted by molar-refractivity contribution is 6.03. The largest absolute Gasteiger partial charge is 0.326 e. The average molecular weight is 365 g/mol. The van der Waals surface area contributed by atoms with Crippen LogP contribution in [0.5, 0.6) is 0 Å². The third-order valence-corrected chi connectivity index (χ3v) is 4.49. The molecule has 3 amide bonds. The van der Waals surface area contributed by atoms with E-state index in [9.17, 15) is 14.4 Å². The second kappa shape index (κ2) is 7.61. The molecule has 3 rings (SSSR count). The molecule has 1 aliphatic rings. The molecule has 1 aliphatic heterocycles. The Hall–Kier alpha value is -3.15. The van der Waals surface area contributed by atoms with Gasteiger partial charge in [-0.05, 0) is 61.4 Å². The Morgan fingerprint density at radius 1 is 0.963 bits per heavy atom. The van der Waals surface area contributed by atoms with Crippen molar-refractivity contribution in [2.75, 3.05) is 22.1 Å². The highest BCUT2D eigenvalue weighted by atomic mass is 16.2. The van der Waals surface area contributed by atoms with Crippen LogP contribution >= 0.6 is 0 Å². The maximum atomic E-state index is 12.6. The molecule has 140 valence electrons. The molecular formula is C21H23N3O3.